The maximum atomic E-state index is 12.8. The number of amides is 1. The first-order valence-corrected chi connectivity index (χ1v) is 10.4. The van der Waals surface area contributed by atoms with E-state index < -0.39 is 0 Å². The zero-order chi connectivity index (χ0) is 20.1. The standard InChI is InChI=1S/C23H28N4O2/c1-26(12-5-9-20-10-6-14-29-20)23(28)19-15-21-22(24-16-19)27(17-25-21)13-11-18-7-3-2-4-8-18/h2-4,7-8,15-17,20H,5-6,9-14H2,1H3. The van der Waals surface area contributed by atoms with Crippen LogP contribution >= 0.6 is 0 Å². The highest BCUT2D eigenvalue weighted by Gasteiger charge is 2.17. The van der Waals surface area contributed by atoms with Crippen LogP contribution < -0.4 is 0 Å². The van der Waals surface area contributed by atoms with Gasteiger partial charge in [0, 0.05) is 32.9 Å². The molecule has 152 valence electrons. The van der Waals surface area contributed by atoms with Crippen LogP contribution in [-0.2, 0) is 17.7 Å². The van der Waals surface area contributed by atoms with E-state index in [0.29, 0.717) is 11.7 Å². The van der Waals surface area contributed by atoms with Crippen molar-refractivity contribution in [2.75, 3.05) is 20.2 Å². The molecule has 6 nitrogen and oxygen atoms in total. The Morgan fingerprint density at radius 1 is 1.28 bits per heavy atom. The fourth-order valence-electron chi connectivity index (χ4n) is 3.87. The Morgan fingerprint density at radius 3 is 2.93 bits per heavy atom. The van der Waals surface area contributed by atoms with E-state index in [2.05, 4.69) is 34.2 Å². The molecule has 29 heavy (non-hydrogen) atoms. The summed E-state index contributed by atoms with van der Waals surface area (Å²) in [6, 6.07) is 12.2. The first-order valence-electron chi connectivity index (χ1n) is 10.4. The number of pyridine rings is 1. The number of nitrogens with zero attached hydrogens (tertiary/aromatic N) is 4. The minimum Gasteiger partial charge on any atom is -0.378 e. The molecule has 1 saturated heterocycles. The Balaban J connectivity index is 1.36. The minimum absolute atomic E-state index is 0.00873. The van der Waals surface area contributed by atoms with E-state index >= 15 is 0 Å². The molecule has 1 aliphatic heterocycles. The molecule has 0 saturated carbocycles. The quantitative estimate of drug-likeness (QED) is 0.586. The van der Waals surface area contributed by atoms with Gasteiger partial charge in [0.15, 0.2) is 5.65 Å². The van der Waals surface area contributed by atoms with Gasteiger partial charge in [-0.2, -0.15) is 0 Å². The smallest absolute Gasteiger partial charge is 0.255 e. The molecule has 1 aromatic carbocycles. The zero-order valence-corrected chi connectivity index (χ0v) is 17.0. The molecule has 1 amide bonds. The number of hydrogen-bond donors (Lipinski definition) is 0. The minimum atomic E-state index is -0.00873. The van der Waals surface area contributed by atoms with Crippen molar-refractivity contribution in [1.29, 1.82) is 0 Å². The Hall–Kier alpha value is -2.73. The fraction of sp³-hybridized carbons (Fsp3) is 0.435. The molecule has 0 radical (unpaired) electrons. The topological polar surface area (TPSA) is 60.2 Å². The van der Waals surface area contributed by atoms with Crippen molar-refractivity contribution in [3.05, 3.63) is 60.0 Å². The SMILES string of the molecule is CN(CCCC1CCCO1)C(=O)c1cnc2c(c1)ncn2CCc1ccccc1. The monoisotopic (exact) mass is 392 g/mol. The number of rotatable bonds is 8. The third-order valence-electron chi connectivity index (χ3n) is 5.58. The molecule has 3 aromatic rings. The first kappa shape index (κ1) is 19.6. The van der Waals surface area contributed by atoms with Crippen molar-refractivity contribution < 1.29 is 9.53 Å². The van der Waals surface area contributed by atoms with Crippen molar-refractivity contribution in [2.45, 2.75) is 44.8 Å². The van der Waals surface area contributed by atoms with Crippen LogP contribution in [0.2, 0.25) is 0 Å². The second-order valence-electron chi connectivity index (χ2n) is 7.74. The lowest BCUT2D eigenvalue weighted by atomic mass is 10.1. The highest BCUT2D eigenvalue weighted by atomic mass is 16.5. The number of imidazole rings is 1. The van der Waals surface area contributed by atoms with Crippen LogP contribution in [0, 0.1) is 0 Å². The van der Waals surface area contributed by atoms with Gasteiger partial charge in [-0.05, 0) is 43.7 Å². The summed E-state index contributed by atoms with van der Waals surface area (Å²) >= 11 is 0. The molecule has 0 spiro atoms. The van der Waals surface area contributed by atoms with E-state index in [-0.39, 0.29) is 5.91 Å². The molecule has 1 atom stereocenters. The Bertz CT molecular complexity index is 948. The van der Waals surface area contributed by atoms with Gasteiger partial charge in [-0.1, -0.05) is 30.3 Å². The number of carbonyl (C=O) groups excluding carboxylic acids is 1. The number of aromatic nitrogens is 3. The molecular formula is C23H28N4O2. The molecule has 3 heterocycles. The predicted octanol–water partition coefficient (Wildman–Crippen LogP) is 3.71. The van der Waals surface area contributed by atoms with Crippen molar-refractivity contribution in [3.63, 3.8) is 0 Å². The lowest BCUT2D eigenvalue weighted by molar-refractivity contribution is 0.0763. The molecular weight excluding hydrogens is 364 g/mol. The largest absolute Gasteiger partial charge is 0.378 e. The van der Waals surface area contributed by atoms with Crippen LogP contribution in [0.3, 0.4) is 0 Å². The number of fused-ring (bicyclic) bond motifs is 1. The van der Waals surface area contributed by atoms with E-state index in [1.54, 1.807) is 17.4 Å². The van der Waals surface area contributed by atoms with Gasteiger partial charge in [0.25, 0.3) is 5.91 Å². The number of benzene rings is 1. The van der Waals surface area contributed by atoms with Crippen molar-refractivity contribution in [2.24, 2.45) is 0 Å². The van der Waals surface area contributed by atoms with E-state index in [4.69, 9.17) is 4.74 Å². The van der Waals surface area contributed by atoms with Gasteiger partial charge in [-0.3, -0.25) is 4.79 Å². The van der Waals surface area contributed by atoms with E-state index in [1.807, 2.05) is 23.7 Å². The summed E-state index contributed by atoms with van der Waals surface area (Å²) in [5.41, 5.74) is 3.45. The van der Waals surface area contributed by atoms with Gasteiger partial charge < -0.3 is 14.2 Å². The van der Waals surface area contributed by atoms with Crippen LogP contribution in [-0.4, -0.2) is 51.6 Å². The lowest BCUT2D eigenvalue weighted by Gasteiger charge is -2.18. The summed E-state index contributed by atoms with van der Waals surface area (Å²) in [5, 5.41) is 0. The zero-order valence-electron chi connectivity index (χ0n) is 17.0. The number of ether oxygens (including phenoxy) is 1. The highest BCUT2D eigenvalue weighted by molar-refractivity contribution is 5.96. The number of aryl methyl sites for hydroxylation is 2. The van der Waals surface area contributed by atoms with Gasteiger partial charge in [0.2, 0.25) is 0 Å². The van der Waals surface area contributed by atoms with E-state index in [9.17, 15) is 4.79 Å². The third kappa shape index (κ3) is 4.82. The molecule has 4 rings (SSSR count). The molecule has 1 unspecified atom stereocenters. The summed E-state index contributed by atoms with van der Waals surface area (Å²) < 4.78 is 7.70. The van der Waals surface area contributed by atoms with Gasteiger partial charge in [0.1, 0.15) is 5.52 Å². The Kier molecular flexibility index (Phi) is 6.20. The van der Waals surface area contributed by atoms with Crippen molar-refractivity contribution in [1.82, 2.24) is 19.4 Å². The molecule has 0 N–H and O–H groups in total. The second kappa shape index (κ2) is 9.18. The molecule has 0 bridgehead atoms. The van der Waals surface area contributed by atoms with Crippen molar-refractivity contribution >= 4 is 17.1 Å². The van der Waals surface area contributed by atoms with Crippen LogP contribution in [0.15, 0.2) is 48.9 Å². The highest BCUT2D eigenvalue weighted by Crippen LogP contribution is 2.18. The normalized spacial score (nSPS) is 16.4. The van der Waals surface area contributed by atoms with Gasteiger partial charge >= 0.3 is 0 Å². The average Bonchev–Trinajstić information content (AvgIpc) is 3.42. The summed E-state index contributed by atoms with van der Waals surface area (Å²) in [4.78, 5) is 23.5. The number of hydrogen-bond acceptors (Lipinski definition) is 4. The fourth-order valence-corrected chi connectivity index (χ4v) is 3.87. The maximum absolute atomic E-state index is 12.8. The van der Waals surface area contributed by atoms with Crippen LogP contribution in [0.1, 0.15) is 41.6 Å². The van der Waals surface area contributed by atoms with Gasteiger partial charge in [-0.25, -0.2) is 9.97 Å². The molecule has 6 heteroatoms. The Labute approximate surface area is 171 Å². The maximum Gasteiger partial charge on any atom is 0.255 e. The average molecular weight is 393 g/mol. The predicted molar refractivity (Wildman–Crippen MR) is 113 cm³/mol. The lowest BCUT2D eigenvalue weighted by Crippen LogP contribution is -2.28. The molecule has 2 aromatic heterocycles. The molecule has 0 aliphatic carbocycles. The summed E-state index contributed by atoms with van der Waals surface area (Å²) in [6.45, 7) is 2.41. The molecule has 1 fully saturated rings. The summed E-state index contributed by atoms with van der Waals surface area (Å²) in [7, 11) is 1.85. The summed E-state index contributed by atoms with van der Waals surface area (Å²) in [5.74, 6) is -0.00873. The first-order chi connectivity index (χ1) is 14.2. The second-order valence-corrected chi connectivity index (χ2v) is 7.74. The van der Waals surface area contributed by atoms with Crippen molar-refractivity contribution in [3.8, 4) is 0 Å². The van der Waals surface area contributed by atoms with Crippen LogP contribution in [0.5, 0.6) is 0 Å². The van der Waals surface area contributed by atoms with E-state index in [0.717, 1.165) is 63.0 Å². The third-order valence-corrected chi connectivity index (χ3v) is 5.58. The van der Waals surface area contributed by atoms with E-state index in [1.165, 1.54) is 5.56 Å². The number of carbonyl (C=O) groups is 1. The summed E-state index contributed by atoms with van der Waals surface area (Å²) in [6.07, 6.45) is 9.03. The van der Waals surface area contributed by atoms with Gasteiger partial charge in [0.05, 0.1) is 18.0 Å². The van der Waals surface area contributed by atoms with Crippen LogP contribution in [0.4, 0.5) is 0 Å². The Morgan fingerprint density at radius 2 is 2.14 bits per heavy atom. The van der Waals surface area contributed by atoms with Crippen LogP contribution in [0.25, 0.3) is 11.2 Å². The molecule has 1 aliphatic rings. The van der Waals surface area contributed by atoms with Gasteiger partial charge in [-0.15, -0.1) is 0 Å².